The Morgan fingerprint density at radius 3 is 2.42 bits per heavy atom. The van der Waals surface area contributed by atoms with E-state index in [-0.39, 0.29) is 11.9 Å². The van der Waals surface area contributed by atoms with E-state index in [2.05, 4.69) is 14.9 Å². The third kappa shape index (κ3) is 6.09. The molecule has 0 aromatic carbocycles. The van der Waals surface area contributed by atoms with Gasteiger partial charge in [-0.3, -0.25) is 0 Å². The lowest BCUT2D eigenvalue weighted by atomic mass is 9.90. The fourth-order valence-corrected chi connectivity index (χ4v) is 6.87. The van der Waals surface area contributed by atoms with Crippen LogP contribution in [0.3, 0.4) is 0 Å². The number of halogens is 1. The van der Waals surface area contributed by atoms with Gasteiger partial charge < -0.3 is 9.64 Å². The number of piperidine rings is 2. The Labute approximate surface area is 191 Å². The van der Waals surface area contributed by atoms with Gasteiger partial charge in [-0.1, -0.05) is 18.5 Å². The molecule has 3 aliphatic rings. The summed E-state index contributed by atoms with van der Waals surface area (Å²) in [5.41, 5.74) is 0. The second-order valence-corrected chi connectivity index (χ2v) is 11.8. The quantitative estimate of drug-likeness (QED) is 0.549. The van der Waals surface area contributed by atoms with Gasteiger partial charge in [0.15, 0.2) is 0 Å². The molecule has 2 aliphatic heterocycles. The van der Waals surface area contributed by atoms with Crippen molar-refractivity contribution in [2.45, 2.75) is 58.0 Å². The second-order valence-electron chi connectivity index (χ2n) is 9.26. The Hall–Kier alpha value is -0.960. The van der Waals surface area contributed by atoms with E-state index < -0.39 is 10.0 Å². The highest BCUT2D eigenvalue weighted by Gasteiger charge is 2.43. The zero-order valence-corrected chi connectivity index (χ0v) is 20.0. The van der Waals surface area contributed by atoms with Crippen LogP contribution >= 0.6 is 11.6 Å². The normalized spacial score (nSPS) is 26.3. The molecule has 1 aromatic heterocycles. The first-order valence-electron chi connectivity index (χ1n) is 11.8. The monoisotopic (exact) mass is 470 g/mol. The molecular weight excluding hydrogens is 436 g/mol. The first-order valence-corrected chi connectivity index (χ1v) is 13.8. The summed E-state index contributed by atoms with van der Waals surface area (Å²) in [5.74, 6) is 3.50. The molecule has 2 saturated heterocycles. The maximum absolute atomic E-state index is 12.2. The van der Waals surface area contributed by atoms with Crippen molar-refractivity contribution < 1.29 is 13.2 Å². The summed E-state index contributed by atoms with van der Waals surface area (Å²) >= 11 is 5.89. The third-order valence-corrected chi connectivity index (χ3v) is 9.38. The van der Waals surface area contributed by atoms with Crippen molar-refractivity contribution in [3.63, 3.8) is 0 Å². The SMILES string of the molecule is CCCS(=O)(=O)N1CCC(OCC[C@@H]2C[C@@H]2C2CCN(c3ncc(Cl)cn3)CC2)CC1. The summed E-state index contributed by atoms with van der Waals surface area (Å²) in [5, 5.41) is 0.578. The number of sulfonamides is 1. The number of ether oxygens (including phenoxy) is 1. The Bertz CT molecular complexity index is 807. The Balaban J connectivity index is 1.11. The van der Waals surface area contributed by atoms with E-state index in [1.54, 1.807) is 16.7 Å². The highest BCUT2D eigenvalue weighted by Crippen LogP contribution is 2.50. The van der Waals surface area contributed by atoms with Gasteiger partial charge in [0, 0.05) is 32.8 Å². The predicted molar refractivity (Wildman–Crippen MR) is 123 cm³/mol. The Morgan fingerprint density at radius 1 is 1.10 bits per heavy atom. The van der Waals surface area contributed by atoms with Gasteiger partial charge in [0.25, 0.3) is 0 Å². The third-order valence-electron chi connectivity index (χ3n) is 7.11. The predicted octanol–water partition coefficient (Wildman–Crippen LogP) is 3.59. The van der Waals surface area contributed by atoms with E-state index in [4.69, 9.17) is 16.3 Å². The molecule has 0 radical (unpaired) electrons. The largest absolute Gasteiger partial charge is 0.378 e. The van der Waals surface area contributed by atoms with Gasteiger partial charge in [-0.05, 0) is 62.7 Å². The fourth-order valence-electron chi connectivity index (χ4n) is 5.23. The minimum absolute atomic E-state index is 0.216. The van der Waals surface area contributed by atoms with Crippen molar-refractivity contribution in [2.24, 2.45) is 17.8 Å². The maximum Gasteiger partial charge on any atom is 0.225 e. The molecular formula is C22H35ClN4O3S. The number of hydrogen-bond donors (Lipinski definition) is 0. The van der Waals surface area contributed by atoms with E-state index in [9.17, 15) is 8.42 Å². The van der Waals surface area contributed by atoms with Gasteiger partial charge in [-0.15, -0.1) is 0 Å². The molecule has 9 heteroatoms. The van der Waals surface area contributed by atoms with Gasteiger partial charge in [-0.2, -0.15) is 0 Å². The van der Waals surface area contributed by atoms with Crippen LogP contribution in [0, 0.1) is 17.8 Å². The van der Waals surface area contributed by atoms with Crippen LogP contribution < -0.4 is 4.90 Å². The fraction of sp³-hybridized carbons (Fsp3) is 0.818. The Morgan fingerprint density at radius 2 is 1.77 bits per heavy atom. The molecule has 3 heterocycles. The molecule has 2 atom stereocenters. The van der Waals surface area contributed by atoms with Crippen molar-refractivity contribution in [2.75, 3.05) is 43.4 Å². The van der Waals surface area contributed by atoms with E-state index in [1.807, 2.05) is 6.92 Å². The standard InChI is InChI=1S/C22H35ClN4O3S/c1-2-13-31(28,29)27-10-5-20(6-11-27)30-12-7-18-14-21(18)17-3-8-26(9-4-17)22-24-15-19(23)16-25-22/h15-18,20-21H,2-14H2,1H3/t18-,21-/m1/s1. The molecule has 7 nitrogen and oxygen atoms in total. The smallest absolute Gasteiger partial charge is 0.225 e. The molecule has 0 unspecified atom stereocenters. The Kier molecular flexibility index (Phi) is 7.72. The van der Waals surface area contributed by atoms with Crippen LogP contribution in [0.5, 0.6) is 0 Å². The number of anilines is 1. The number of rotatable bonds is 9. The van der Waals surface area contributed by atoms with Gasteiger partial charge in [0.1, 0.15) is 0 Å². The topological polar surface area (TPSA) is 75.6 Å². The molecule has 1 saturated carbocycles. The lowest BCUT2D eigenvalue weighted by Gasteiger charge is -2.32. The first-order chi connectivity index (χ1) is 15.0. The van der Waals surface area contributed by atoms with Crippen molar-refractivity contribution >= 4 is 27.6 Å². The summed E-state index contributed by atoms with van der Waals surface area (Å²) in [6.45, 7) is 5.97. The highest BCUT2D eigenvalue weighted by molar-refractivity contribution is 7.89. The highest BCUT2D eigenvalue weighted by atomic mass is 35.5. The average Bonchev–Trinajstić information content (AvgIpc) is 3.54. The minimum Gasteiger partial charge on any atom is -0.378 e. The van der Waals surface area contributed by atoms with Crippen molar-refractivity contribution in [3.05, 3.63) is 17.4 Å². The van der Waals surface area contributed by atoms with E-state index in [1.165, 1.54) is 19.3 Å². The van der Waals surface area contributed by atoms with E-state index in [0.29, 0.717) is 24.5 Å². The summed E-state index contributed by atoms with van der Waals surface area (Å²) in [7, 11) is -3.06. The molecule has 3 fully saturated rings. The van der Waals surface area contributed by atoms with Crippen LogP contribution in [0.15, 0.2) is 12.4 Å². The van der Waals surface area contributed by atoms with Crippen molar-refractivity contribution in [1.82, 2.24) is 14.3 Å². The average molecular weight is 471 g/mol. The molecule has 0 amide bonds. The number of aromatic nitrogens is 2. The molecule has 1 aliphatic carbocycles. The summed E-state index contributed by atoms with van der Waals surface area (Å²) in [6.07, 6.45) is 10.8. The summed E-state index contributed by atoms with van der Waals surface area (Å²) in [4.78, 5) is 11.0. The molecule has 0 N–H and O–H groups in total. The minimum atomic E-state index is -3.06. The van der Waals surface area contributed by atoms with Crippen LogP contribution in [0.25, 0.3) is 0 Å². The molecule has 4 rings (SSSR count). The zero-order valence-electron chi connectivity index (χ0n) is 18.5. The van der Waals surface area contributed by atoms with Gasteiger partial charge in [0.05, 0.1) is 29.3 Å². The molecule has 1 aromatic rings. The second kappa shape index (κ2) is 10.3. The summed E-state index contributed by atoms with van der Waals surface area (Å²) < 4.78 is 32.1. The van der Waals surface area contributed by atoms with Crippen molar-refractivity contribution in [3.8, 4) is 0 Å². The molecule has 31 heavy (non-hydrogen) atoms. The number of hydrogen-bond acceptors (Lipinski definition) is 6. The molecule has 174 valence electrons. The van der Waals surface area contributed by atoms with E-state index >= 15 is 0 Å². The van der Waals surface area contributed by atoms with Crippen LogP contribution in [0.4, 0.5) is 5.95 Å². The van der Waals surface area contributed by atoms with Gasteiger partial charge in [-0.25, -0.2) is 22.7 Å². The van der Waals surface area contributed by atoms with Crippen LogP contribution in [0.1, 0.15) is 51.9 Å². The lowest BCUT2D eigenvalue weighted by molar-refractivity contribution is 0.0174. The van der Waals surface area contributed by atoms with Gasteiger partial charge >= 0.3 is 0 Å². The van der Waals surface area contributed by atoms with Crippen LogP contribution in [0.2, 0.25) is 5.02 Å². The van der Waals surface area contributed by atoms with Gasteiger partial charge in [0.2, 0.25) is 16.0 Å². The zero-order chi connectivity index (χ0) is 21.8. The lowest BCUT2D eigenvalue weighted by Crippen LogP contribution is -2.41. The van der Waals surface area contributed by atoms with E-state index in [0.717, 1.165) is 62.7 Å². The van der Waals surface area contributed by atoms with Crippen molar-refractivity contribution in [1.29, 1.82) is 0 Å². The van der Waals surface area contributed by atoms with Crippen LogP contribution in [-0.4, -0.2) is 67.3 Å². The van der Waals surface area contributed by atoms with Crippen LogP contribution in [-0.2, 0) is 14.8 Å². The summed E-state index contributed by atoms with van der Waals surface area (Å²) in [6, 6.07) is 0. The first kappa shape index (κ1) is 23.2. The molecule has 0 spiro atoms. The molecule has 0 bridgehead atoms. The number of nitrogens with zero attached hydrogens (tertiary/aromatic N) is 4. The maximum atomic E-state index is 12.2.